The molecular weight excluding hydrogens is 348 g/mol. The molecule has 1 amide bonds. The summed E-state index contributed by atoms with van der Waals surface area (Å²) in [4.78, 5) is 23.7. The third kappa shape index (κ3) is 4.33. The van der Waals surface area contributed by atoms with E-state index < -0.39 is 11.9 Å². The molecule has 1 aliphatic rings. The molecule has 1 fully saturated rings. The number of anilines is 1. The van der Waals surface area contributed by atoms with E-state index >= 15 is 0 Å². The van der Waals surface area contributed by atoms with Gasteiger partial charge in [0, 0.05) is 17.6 Å². The minimum absolute atomic E-state index is 0.296. The van der Waals surface area contributed by atoms with Crippen LogP contribution in [0, 0.1) is 6.92 Å². The fourth-order valence-electron chi connectivity index (χ4n) is 2.15. The molecule has 0 radical (unpaired) electrons. The van der Waals surface area contributed by atoms with Crippen molar-refractivity contribution in [2.45, 2.75) is 11.5 Å². The monoisotopic (exact) mass is 364 g/mol. The lowest BCUT2D eigenvalue weighted by Crippen LogP contribution is -2.21. The van der Waals surface area contributed by atoms with E-state index in [4.69, 9.17) is 9.26 Å². The second-order valence-electron chi connectivity index (χ2n) is 5.14. The van der Waals surface area contributed by atoms with Gasteiger partial charge in [-0.05, 0) is 24.6 Å². The van der Waals surface area contributed by atoms with Crippen LogP contribution in [0.3, 0.4) is 0 Å². The number of hydrogen-bond acceptors (Lipinski definition) is 7. The van der Waals surface area contributed by atoms with Crippen LogP contribution in [0.5, 0.6) is 0 Å². The van der Waals surface area contributed by atoms with Crippen LogP contribution in [0.1, 0.15) is 26.3 Å². The number of thioether (sulfide) groups is 2. The maximum absolute atomic E-state index is 12.0. The highest BCUT2D eigenvalue weighted by molar-refractivity contribution is 8.19. The maximum Gasteiger partial charge on any atom is 0.338 e. The number of rotatable bonds is 5. The number of carbonyl (C=O) groups is 2. The molecule has 0 bridgehead atoms. The summed E-state index contributed by atoms with van der Waals surface area (Å²) < 4.78 is 10.3. The number of benzene rings is 1. The third-order valence-corrected chi connectivity index (χ3v) is 6.37. The third-order valence-electron chi connectivity index (χ3n) is 3.27. The lowest BCUT2D eigenvalue weighted by Gasteiger charge is -2.09. The van der Waals surface area contributed by atoms with Crippen molar-refractivity contribution in [2.75, 3.05) is 23.4 Å². The first kappa shape index (κ1) is 16.9. The Balaban J connectivity index is 1.50. The summed E-state index contributed by atoms with van der Waals surface area (Å²) in [6, 6.07) is 8.92. The molecule has 1 aliphatic heterocycles. The maximum atomic E-state index is 12.0. The average Bonchev–Trinajstić information content (AvgIpc) is 3.25. The minimum Gasteiger partial charge on any atom is -0.452 e. The Morgan fingerprint density at radius 1 is 1.29 bits per heavy atom. The van der Waals surface area contributed by atoms with Crippen LogP contribution >= 0.6 is 23.5 Å². The van der Waals surface area contributed by atoms with Gasteiger partial charge in [-0.25, -0.2) is 4.79 Å². The number of nitrogens with zero attached hydrogens (tertiary/aromatic N) is 1. The highest BCUT2D eigenvalue weighted by Crippen LogP contribution is 2.45. The van der Waals surface area contributed by atoms with Crippen molar-refractivity contribution in [1.29, 1.82) is 0 Å². The molecule has 0 atom stereocenters. The van der Waals surface area contributed by atoms with Crippen LogP contribution in [0.4, 0.5) is 5.82 Å². The number of hydrogen-bond donors (Lipinski definition) is 1. The molecule has 1 saturated heterocycles. The molecule has 1 aromatic heterocycles. The van der Waals surface area contributed by atoms with Crippen LogP contribution in [-0.4, -0.2) is 35.1 Å². The topological polar surface area (TPSA) is 81.4 Å². The Kier molecular flexibility index (Phi) is 5.47. The number of carbonyl (C=O) groups excluding carboxylic acids is 2. The predicted octanol–water partition coefficient (Wildman–Crippen LogP) is 3.26. The van der Waals surface area contributed by atoms with Gasteiger partial charge in [-0.1, -0.05) is 17.3 Å². The molecular formula is C16H16N2O4S2. The number of amides is 1. The van der Waals surface area contributed by atoms with Crippen molar-refractivity contribution >= 4 is 41.2 Å². The molecule has 8 heteroatoms. The molecule has 0 aliphatic carbocycles. The van der Waals surface area contributed by atoms with Crippen molar-refractivity contribution in [3.63, 3.8) is 0 Å². The van der Waals surface area contributed by atoms with Gasteiger partial charge in [0.05, 0.1) is 10.1 Å². The molecule has 0 spiro atoms. The molecule has 24 heavy (non-hydrogen) atoms. The number of aryl methyl sites for hydroxylation is 1. The average molecular weight is 364 g/mol. The smallest absolute Gasteiger partial charge is 0.338 e. The molecule has 126 valence electrons. The Morgan fingerprint density at radius 3 is 2.62 bits per heavy atom. The molecule has 0 unspecified atom stereocenters. The lowest BCUT2D eigenvalue weighted by atomic mass is 10.1. The SMILES string of the molecule is Cc1cc(NC(=O)COC(=O)c2ccc(C3SCCS3)cc2)no1. The van der Waals surface area contributed by atoms with Crippen LogP contribution in [0.25, 0.3) is 0 Å². The van der Waals surface area contributed by atoms with E-state index in [2.05, 4.69) is 10.5 Å². The van der Waals surface area contributed by atoms with E-state index in [-0.39, 0.29) is 6.61 Å². The quantitative estimate of drug-likeness (QED) is 0.816. The van der Waals surface area contributed by atoms with Gasteiger partial charge in [0.15, 0.2) is 12.4 Å². The second-order valence-corrected chi connectivity index (χ2v) is 7.87. The number of esters is 1. The first-order valence-corrected chi connectivity index (χ1v) is 9.45. The van der Waals surface area contributed by atoms with Gasteiger partial charge >= 0.3 is 5.97 Å². The van der Waals surface area contributed by atoms with Crippen molar-refractivity contribution in [3.8, 4) is 0 Å². The van der Waals surface area contributed by atoms with Gasteiger partial charge in [-0.2, -0.15) is 0 Å². The van der Waals surface area contributed by atoms with E-state index in [1.807, 2.05) is 35.7 Å². The lowest BCUT2D eigenvalue weighted by molar-refractivity contribution is -0.119. The van der Waals surface area contributed by atoms with Crippen molar-refractivity contribution in [3.05, 3.63) is 47.2 Å². The summed E-state index contributed by atoms with van der Waals surface area (Å²) in [5, 5.41) is 6.13. The Bertz CT molecular complexity index is 724. The van der Waals surface area contributed by atoms with Crippen molar-refractivity contribution in [2.24, 2.45) is 0 Å². The molecule has 6 nitrogen and oxygen atoms in total. The Hall–Kier alpha value is -1.93. The second kappa shape index (κ2) is 7.76. The fourth-order valence-corrected chi connectivity index (χ4v) is 5.01. The van der Waals surface area contributed by atoms with E-state index in [0.717, 1.165) is 11.5 Å². The van der Waals surface area contributed by atoms with Crippen LogP contribution in [-0.2, 0) is 9.53 Å². The Labute approximate surface area is 147 Å². The standard InChI is InChI=1S/C16H16N2O4S2/c1-10-8-13(18-22-10)17-14(19)9-21-15(20)11-2-4-12(5-3-11)16-23-6-7-24-16/h2-5,8,16H,6-7,9H2,1H3,(H,17,18,19). The zero-order valence-corrected chi connectivity index (χ0v) is 14.6. The van der Waals surface area contributed by atoms with Gasteiger partial charge in [-0.3, -0.25) is 4.79 Å². The van der Waals surface area contributed by atoms with Gasteiger partial charge in [0.1, 0.15) is 5.76 Å². The predicted molar refractivity (Wildman–Crippen MR) is 94.3 cm³/mol. The molecule has 1 aromatic carbocycles. The van der Waals surface area contributed by atoms with Crippen molar-refractivity contribution < 1.29 is 18.8 Å². The number of ether oxygens (including phenoxy) is 1. The number of aromatic nitrogens is 1. The first-order valence-electron chi connectivity index (χ1n) is 7.35. The van der Waals surface area contributed by atoms with Crippen LogP contribution in [0.15, 0.2) is 34.9 Å². The zero-order chi connectivity index (χ0) is 16.9. The summed E-state index contributed by atoms with van der Waals surface area (Å²) in [5.41, 5.74) is 1.62. The normalized spacial score (nSPS) is 14.5. The van der Waals surface area contributed by atoms with Crippen LogP contribution in [0.2, 0.25) is 0 Å². The fraction of sp³-hybridized carbons (Fsp3) is 0.312. The highest BCUT2D eigenvalue weighted by Gasteiger charge is 2.19. The van der Waals surface area contributed by atoms with Crippen LogP contribution < -0.4 is 5.32 Å². The first-order chi connectivity index (χ1) is 11.6. The molecule has 2 aromatic rings. The summed E-state index contributed by atoms with van der Waals surface area (Å²) in [6.45, 7) is 1.34. The van der Waals surface area contributed by atoms with E-state index in [0.29, 0.717) is 21.7 Å². The summed E-state index contributed by atoms with van der Waals surface area (Å²) in [5.74, 6) is 2.19. The largest absolute Gasteiger partial charge is 0.452 e. The summed E-state index contributed by atoms with van der Waals surface area (Å²) >= 11 is 3.81. The van der Waals surface area contributed by atoms with E-state index in [9.17, 15) is 9.59 Å². The van der Waals surface area contributed by atoms with E-state index in [1.54, 1.807) is 25.1 Å². The minimum atomic E-state index is -0.528. The van der Waals surface area contributed by atoms with Gasteiger partial charge in [-0.15, -0.1) is 23.5 Å². The van der Waals surface area contributed by atoms with Gasteiger partial charge in [0.2, 0.25) is 0 Å². The molecule has 1 N–H and O–H groups in total. The molecule has 2 heterocycles. The molecule has 3 rings (SSSR count). The zero-order valence-electron chi connectivity index (χ0n) is 13.0. The molecule has 0 saturated carbocycles. The van der Waals surface area contributed by atoms with Crippen molar-refractivity contribution in [1.82, 2.24) is 5.16 Å². The van der Waals surface area contributed by atoms with E-state index in [1.165, 1.54) is 5.56 Å². The Morgan fingerprint density at radius 2 is 2.00 bits per heavy atom. The van der Waals surface area contributed by atoms with Gasteiger partial charge < -0.3 is 14.6 Å². The summed E-state index contributed by atoms with van der Waals surface area (Å²) in [7, 11) is 0. The summed E-state index contributed by atoms with van der Waals surface area (Å²) in [6.07, 6.45) is 0. The number of nitrogens with one attached hydrogen (secondary N) is 1. The highest BCUT2D eigenvalue weighted by atomic mass is 32.2. The van der Waals surface area contributed by atoms with Gasteiger partial charge in [0.25, 0.3) is 5.91 Å².